The average Bonchev–Trinajstić information content (AvgIpc) is 2.74. The third-order valence-corrected chi connectivity index (χ3v) is 3.57. The Morgan fingerprint density at radius 1 is 1.44 bits per heavy atom. The van der Waals surface area contributed by atoms with Crippen LogP contribution in [0.25, 0.3) is 0 Å². The van der Waals surface area contributed by atoms with E-state index in [1.165, 1.54) is 6.42 Å². The molecule has 1 aliphatic rings. The fraction of sp³-hybridized carbons (Fsp3) is 0.500. The molecule has 1 fully saturated rings. The van der Waals surface area contributed by atoms with E-state index in [-0.39, 0.29) is 0 Å². The second-order valence-corrected chi connectivity index (χ2v) is 5.05. The van der Waals surface area contributed by atoms with E-state index in [2.05, 4.69) is 5.32 Å². The molecule has 2 atom stereocenters. The predicted octanol–water partition coefficient (Wildman–Crippen LogP) is 3.17. The van der Waals surface area contributed by atoms with Gasteiger partial charge >= 0.3 is 0 Å². The third-order valence-electron chi connectivity index (χ3n) is 2.99. The van der Waals surface area contributed by atoms with E-state index < -0.39 is 6.10 Å². The smallest absolute Gasteiger partial charge is 0.0819 e. The number of hydrogen-bond donors (Lipinski definition) is 2. The standard InChI is InChI=1S/C12H15Cl2NO/c13-8-3-4-11(14)10(6-8)12(16)7-9-2-1-5-15-9/h3-4,6,9,12,15-16H,1-2,5,7H2. The van der Waals surface area contributed by atoms with Crippen molar-refractivity contribution in [1.29, 1.82) is 0 Å². The van der Waals surface area contributed by atoms with Gasteiger partial charge in [0.1, 0.15) is 0 Å². The minimum absolute atomic E-state index is 0.394. The molecule has 0 spiro atoms. The van der Waals surface area contributed by atoms with E-state index in [9.17, 15) is 5.11 Å². The Hall–Kier alpha value is -0.280. The van der Waals surface area contributed by atoms with Crippen molar-refractivity contribution in [3.05, 3.63) is 33.8 Å². The molecular formula is C12H15Cl2NO. The van der Waals surface area contributed by atoms with Gasteiger partial charge in [-0.2, -0.15) is 0 Å². The maximum absolute atomic E-state index is 10.1. The van der Waals surface area contributed by atoms with Crippen LogP contribution in [0, 0.1) is 0 Å². The molecule has 2 unspecified atom stereocenters. The number of benzene rings is 1. The minimum atomic E-state index is -0.540. The molecule has 1 aromatic rings. The van der Waals surface area contributed by atoms with Crippen molar-refractivity contribution in [3.8, 4) is 0 Å². The molecule has 0 radical (unpaired) electrons. The first-order valence-electron chi connectivity index (χ1n) is 5.53. The summed E-state index contributed by atoms with van der Waals surface area (Å²) in [4.78, 5) is 0. The highest BCUT2D eigenvalue weighted by Gasteiger charge is 2.20. The minimum Gasteiger partial charge on any atom is -0.388 e. The average molecular weight is 260 g/mol. The molecule has 1 aliphatic heterocycles. The summed E-state index contributed by atoms with van der Waals surface area (Å²) in [6.45, 7) is 1.04. The SMILES string of the molecule is OC(CC1CCCN1)c1cc(Cl)ccc1Cl. The normalized spacial score (nSPS) is 22.3. The van der Waals surface area contributed by atoms with Crippen LogP contribution >= 0.6 is 23.2 Å². The number of hydrogen-bond acceptors (Lipinski definition) is 2. The van der Waals surface area contributed by atoms with Gasteiger partial charge in [0.05, 0.1) is 6.10 Å². The lowest BCUT2D eigenvalue weighted by atomic mass is 10.0. The van der Waals surface area contributed by atoms with Gasteiger partial charge < -0.3 is 10.4 Å². The molecule has 0 saturated carbocycles. The van der Waals surface area contributed by atoms with E-state index in [1.54, 1.807) is 18.2 Å². The molecule has 0 bridgehead atoms. The van der Waals surface area contributed by atoms with Gasteiger partial charge in [-0.25, -0.2) is 0 Å². The van der Waals surface area contributed by atoms with E-state index in [4.69, 9.17) is 23.2 Å². The molecule has 0 amide bonds. The molecule has 16 heavy (non-hydrogen) atoms. The van der Waals surface area contributed by atoms with Crippen molar-refractivity contribution in [2.75, 3.05) is 6.54 Å². The fourth-order valence-corrected chi connectivity index (χ4v) is 2.55. The molecule has 1 saturated heterocycles. The quantitative estimate of drug-likeness (QED) is 0.874. The first-order chi connectivity index (χ1) is 7.66. The Balaban J connectivity index is 2.07. The van der Waals surface area contributed by atoms with Crippen LogP contribution in [-0.4, -0.2) is 17.7 Å². The van der Waals surface area contributed by atoms with Gasteiger partial charge in [0.25, 0.3) is 0 Å². The van der Waals surface area contributed by atoms with Gasteiger partial charge in [-0.05, 0) is 44.0 Å². The molecule has 0 aromatic heterocycles. The Labute approximate surface area is 106 Å². The van der Waals surface area contributed by atoms with E-state index in [1.807, 2.05) is 0 Å². The van der Waals surface area contributed by atoms with Crippen LogP contribution in [0.4, 0.5) is 0 Å². The monoisotopic (exact) mass is 259 g/mol. The highest BCUT2D eigenvalue weighted by molar-refractivity contribution is 6.33. The second kappa shape index (κ2) is 5.37. The Morgan fingerprint density at radius 2 is 2.25 bits per heavy atom. The number of nitrogens with one attached hydrogen (secondary N) is 1. The van der Waals surface area contributed by atoms with Crippen LogP contribution < -0.4 is 5.32 Å². The molecule has 2 nitrogen and oxygen atoms in total. The van der Waals surface area contributed by atoms with Gasteiger partial charge in [-0.1, -0.05) is 23.2 Å². The van der Waals surface area contributed by atoms with Crippen LogP contribution in [0.1, 0.15) is 30.9 Å². The Bertz CT molecular complexity index is 364. The van der Waals surface area contributed by atoms with Gasteiger partial charge in [0.15, 0.2) is 0 Å². The van der Waals surface area contributed by atoms with Crippen molar-refractivity contribution >= 4 is 23.2 Å². The van der Waals surface area contributed by atoms with Crippen molar-refractivity contribution in [2.24, 2.45) is 0 Å². The highest BCUT2D eigenvalue weighted by Crippen LogP contribution is 2.30. The van der Waals surface area contributed by atoms with Gasteiger partial charge in [0.2, 0.25) is 0 Å². The first kappa shape index (κ1) is 12.2. The lowest BCUT2D eigenvalue weighted by Gasteiger charge is -2.17. The van der Waals surface area contributed by atoms with Crippen molar-refractivity contribution in [2.45, 2.75) is 31.4 Å². The van der Waals surface area contributed by atoms with Crippen LogP contribution in [0.2, 0.25) is 10.0 Å². The van der Waals surface area contributed by atoms with Crippen molar-refractivity contribution in [3.63, 3.8) is 0 Å². The van der Waals surface area contributed by atoms with Crippen molar-refractivity contribution < 1.29 is 5.11 Å². The molecule has 1 aromatic carbocycles. The third kappa shape index (κ3) is 2.89. The number of aliphatic hydroxyl groups excluding tert-OH is 1. The van der Waals surface area contributed by atoms with E-state index >= 15 is 0 Å². The molecule has 4 heteroatoms. The molecular weight excluding hydrogens is 245 g/mol. The topological polar surface area (TPSA) is 32.3 Å². The summed E-state index contributed by atoms with van der Waals surface area (Å²) >= 11 is 11.9. The summed E-state index contributed by atoms with van der Waals surface area (Å²) in [6.07, 6.45) is 2.46. The van der Waals surface area contributed by atoms with Crippen LogP contribution in [-0.2, 0) is 0 Å². The van der Waals surface area contributed by atoms with E-state index in [0.717, 1.165) is 18.5 Å². The Kier molecular flexibility index (Phi) is 4.09. The van der Waals surface area contributed by atoms with Crippen LogP contribution in [0.5, 0.6) is 0 Å². The number of halogens is 2. The van der Waals surface area contributed by atoms with Crippen LogP contribution in [0.15, 0.2) is 18.2 Å². The molecule has 88 valence electrons. The highest BCUT2D eigenvalue weighted by atomic mass is 35.5. The molecule has 2 N–H and O–H groups in total. The largest absolute Gasteiger partial charge is 0.388 e. The maximum atomic E-state index is 10.1. The summed E-state index contributed by atoms with van der Waals surface area (Å²) in [7, 11) is 0. The number of aliphatic hydroxyl groups is 1. The zero-order chi connectivity index (χ0) is 11.5. The molecule has 1 heterocycles. The summed E-state index contributed by atoms with van der Waals surface area (Å²) < 4.78 is 0. The lowest BCUT2D eigenvalue weighted by molar-refractivity contribution is 0.155. The maximum Gasteiger partial charge on any atom is 0.0819 e. The summed E-state index contributed by atoms with van der Waals surface area (Å²) in [6, 6.07) is 5.59. The Morgan fingerprint density at radius 3 is 2.94 bits per heavy atom. The molecule has 0 aliphatic carbocycles. The molecule has 2 rings (SSSR count). The fourth-order valence-electron chi connectivity index (χ4n) is 2.12. The van der Waals surface area contributed by atoms with Gasteiger partial charge in [-0.15, -0.1) is 0 Å². The zero-order valence-corrected chi connectivity index (χ0v) is 10.4. The summed E-state index contributed by atoms with van der Waals surface area (Å²) in [5.74, 6) is 0. The van der Waals surface area contributed by atoms with Gasteiger partial charge in [0, 0.05) is 21.7 Å². The lowest BCUT2D eigenvalue weighted by Crippen LogP contribution is -2.23. The van der Waals surface area contributed by atoms with Gasteiger partial charge in [-0.3, -0.25) is 0 Å². The van der Waals surface area contributed by atoms with Crippen LogP contribution in [0.3, 0.4) is 0 Å². The number of rotatable bonds is 3. The predicted molar refractivity (Wildman–Crippen MR) is 67.1 cm³/mol. The van der Waals surface area contributed by atoms with E-state index in [0.29, 0.717) is 22.5 Å². The summed E-state index contributed by atoms with van der Waals surface area (Å²) in [5, 5.41) is 14.6. The van der Waals surface area contributed by atoms with Crippen molar-refractivity contribution in [1.82, 2.24) is 5.32 Å². The zero-order valence-electron chi connectivity index (χ0n) is 8.92. The second-order valence-electron chi connectivity index (χ2n) is 4.21. The summed E-state index contributed by atoms with van der Waals surface area (Å²) in [5.41, 5.74) is 0.725. The first-order valence-corrected chi connectivity index (χ1v) is 6.29.